The van der Waals surface area contributed by atoms with Gasteiger partial charge in [0, 0.05) is 11.6 Å². The standard InChI is InChI=1S/C34H34O4/c1-25(2)14-18-31-29(21-30(35)22-33(31)38-24-28-12-8-5-9-13-28)17-15-26-16-19-32(34(20-26)36-3)37-23-27-10-6-4-7-11-27/h4-17,19-22,35H,18,23-24H2,1-3H3. The zero-order valence-corrected chi connectivity index (χ0v) is 22.2. The Balaban J connectivity index is 1.58. The van der Waals surface area contributed by atoms with Gasteiger partial charge < -0.3 is 19.3 Å². The van der Waals surface area contributed by atoms with Gasteiger partial charge in [-0.25, -0.2) is 0 Å². The second kappa shape index (κ2) is 13.2. The quantitative estimate of drug-likeness (QED) is 0.164. The maximum absolute atomic E-state index is 10.5. The molecule has 194 valence electrons. The molecule has 0 amide bonds. The molecular formula is C34H34O4. The van der Waals surface area contributed by atoms with Crippen LogP contribution in [0.1, 0.15) is 41.7 Å². The first-order valence-electron chi connectivity index (χ1n) is 12.7. The lowest BCUT2D eigenvalue weighted by molar-refractivity contribution is 0.284. The van der Waals surface area contributed by atoms with Gasteiger partial charge in [0.1, 0.15) is 24.7 Å². The smallest absolute Gasteiger partial charge is 0.161 e. The van der Waals surface area contributed by atoms with Gasteiger partial charge >= 0.3 is 0 Å². The predicted molar refractivity (Wildman–Crippen MR) is 155 cm³/mol. The molecule has 0 fully saturated rings. The average Bonchev–Trinajstić information content (AvgIpc) is 2.94. The molecule has 0 aromatic heterocycles. The van der Waals surface area contributed by atoms with Crippen molar-refractivity contribution in [1.29, 1.82) is 0 Å². The number of hydrogen-bond donors (Lipinski definition) is 1. The van der Waals surface area contributed by atoms with Gasteiger partial charge in [0.15, 0.2) is 11.5 Å². The largest absolute Gasteiger partial charge is 0.508 e. The first kappa shape index (κ1) is 26.6. The number of rotatable bonds is 11. The summed E-state index contributed by atoms with van der Waals surface area (Å²) in [5.41, 5.74) is 6.26. The summed E-state index contributed by atoms with van der Waals surface area (Å²) in [5, 5.41) is 10.5. The molecule has 4 rings (SSSR count). The molecule has 0 bridgehead atoms. The van der Waals surface area contributed by atoms with Crippen LogP contribution in [0.25, 0.3) is 12.2 Å². The zero-order chi connectivity index (χ0) is 26.7. The minimum absolute atomic E-state index is 0.163. The van der Waals surface area contributed by atoms with Crippen molar-refractivity contribution in [1.82, 2.24) is 0 Å². The highest BCUT2D eigenvalue weighted by Gasteiger charge is 2.11. The maximum atomic E-state index is 10.5. The molecule has 0 unspecified atom stereocenters. The first-order chi connectivity index (χ1) is 18.5. The fourth-order valence-corrected chi connectivity index (χ4v) is 4.02. The Morgan fingerprint density at radius 2 is 1.34 bits per heavy atom. The van der Waals surface area contributed by atoms with Crippen LogP contribution in [0.3, 0.4) is 0 Å². The molecule has 0 saturated carbocycles. The summed E-state index contributed by atoms with van der Waals surface area (Å²) >= 11 is 0. The number of benzene rings is 4. The van der Waals surface area contributed by atoms with Crippen molar-refractivity contribution in [3.05, 3.63) is 130 Å². The van der Waals surface area contributed by atoms with Gasteiger partial charge in [0.25, 0.3) is 0 Å². The van der Waals surface area contributed by atoms with E-state index < -0.39 is 0 Å². The number of aromatic hydroxyl groups is 1. The molecule has 4 heteroatoms. The molecule has 0 spiro atoms. The van der Waals surface area contributed by atoms with Crippen LogP contribution in [0.15, 0.2) is 103 Å². The molecule has 4 aromatic rings. The van der Waals surface area contributed by atoms with Gasteiger partial charge in [-0.15, -0.1) is 0 Å². The molecule has 0 atom stereocenters. The van der Waals surface area contributed by atoms with E-state index in [9.17, 15) is 5.11 Å². The van der Waals surface area contributed by atoms with E-state index in [0.717, 1.165) is 27.8 Å². The monoisotopic (exact) mass is 506 g/mol. The minimum atomic E-state index is 0.163. The van der Waals surface area contributed by atoms with E-state index in [2.05, 4.69) is 19.9 Å². The van der Waals surface area contributed by atoms with Crippen LogP contribution in [-0.4, -0.2) is 12.2 Å². The van der Waals surface area contributed by atoms with Crippen molar-refractivity contribution < 1.29 is 19.3 Å². The molecule has 4 nitrogen and oxygen atoms in total. The molecule has 0 aliphatic heterocycles. The van der Waals surface area contributed by atoms with E-state index in [1.54, 1.807) is 19.2 Å². The average molecular weight is 507 g/mol. The van der Waals surface area contributed by atoms with Gasteiger partial charge in [0.2, 0.25) is 0 Å². The number of allylic oxidation sites excluding steroid dienone is 2. The highest BCUT2D eigenvalue weighted by Crippen LogP contribution is 2.33. The topological polar surface area (TPSA) is 47.9 Å². The molecule has 38 heavy (non-hydrogen) atoms. The van der Waals surface area contributed by atoms with Crippen molar-refractivity contribution >= 4 is 12.2 Å². The SMILES string of the molecule is COc1cc(C=Cc2cc(O)cc(OCc3ccccc3)c2CC=C(C)C)ccc1OCc1ccccc1. The lowest BCUT2D eigenvalue weighted by atomic mass is 10.00. The van der Waals surface area contributed by atoms with Crippen LogP contribution in [0, 0.1) is 0 Å². The van der Waals surface area contributed by atoms with Crippen LogP contribution in [0.5, 0.6) is 23.0 Å². The third kappa shape index (κ3) is 7.53. The highest BCUT2D eigenvalue weighted by molar-refractivity contribution is 5.74. The summed E-state index contributed by atoms with van der Waals surface area (Å²) < 4.78 is 17.8. The fraction of sp³-hybridized carbons (Fsp3) is 0.176. The van der Waals surface area contributed by atoms with E-state index in [-0.39, 0.29) is 5.75 Å². The number of phenolic OH excluding ortho intramolecular Hbond substituents is 1. The van der Waals surface area contributed by atoms with Gasteiger partial charge in [0.05, 0.1) is 7.11 Å². The molecule has 0 heterocycles. The molecule has 0 radical (unpaired) electrons. The van der Waals surface area contributed by atoms with Crippen LogP contribution in [0.4, 0.5) is 0 Å². The van der Waals surface area contributed by atoms with Gasteiger partial charge in [-0.1, -0.05) is 90.5 Å². The Bertz CT molecular complexity index is 1390. The molecular weight excluding hydrogens is 472 g/mol. The van der Waals surface area contributed by atoms with Crippen molar-refractivity contribution in [2.24, 2.45) is 0 Å². The Morgan fingerprint density at radius 1 is 0.711 bits per heavy atom. The summed E-state index contributed by atoms with van der Waals surface area (Å²) in [7, 11) is 1.64. The first-order valence-corrected chi connectivity index (χ1v) is 12.7. The second-order valence-corrected chi connectivity index (χ2v) is 9.29. The van der Waals surface area contributed by atoms with E-state index >= 15 is 0 Å². The van der Waals surface area contributed by atoms with Gasteiger partial charge in [-0.3, -0.25) is 0 Å². The van der Waals surface area contributed by atoms with E-state index in [4.69, 9.17) is 14.2 Å². The Labute approximate surface area is 225 Å². The zero-order valence-electron chi connectivity index (χ0n) is 22.2. The summed E-state index contributed by atoms with van der Waals surface area (Å²) in [6, 6.07) is 29.4. The number of hydrogen-bond acceptors (Lipinski definition) is 4. The van der Waals surface area contributed by atoms with Crippen molar-refractivity contribution in [3.63, 3.8) is 0 Å². The highest BCUT2D eigenvalue weighted by atomic mass is 16.5. The Kier molecular flexibility index (Phi) is 9.25. The maximum Gasteiger partial charge on any atom is 0.161 e. The number of phenols is 1. The summed E-state index contributed by atoms with van der Waals surface area (Å²) in [4.78, 5) is 0. The normalized spacial score (nSPS) is 10.8. The molecule has 0 aliphatic carbocycles. The molecule has 0 aliphatic rings. The van der Waals surface area contributed by atoms with E-state index in [0.29, 0.717) is 36.9 Å². The summed E-state index contributed by atoms with van der Waals surface area (Å²) in [6.45, 7) is 5.05. The molecule has 0 saturated heterocycles. The lowest BCUT2D eigenvalue weighted by Crippen LogP contribution is -2.00. The second-order valence-electron chi connectivity index (χ2n) is 9.29. The molecule has 4 aromatic carbocycles. The van der Waals surface area contributed by atoms with Crippen LogP contribution >= 0.6 is 0 Å². The van der Waals surface area contributed by atoms with Crippen molar-refractivity contribution in [2.75, 3.05) is 7.11 Å². The molecule has 1 N–H and O–H groups in total. The summed E-state index contributed by atoms with van der Waals surface area (Å²) in [6.07, 6.45) is 6.87. The van der Waals surface area contributed by atoms with Gasteiger partial charge in [-0.2, -0.15) is 0 Å². The minimum Gasteiger partial charge on any atom is -0.508 e. The Morgan fingerprint density at radius 3 is 1.95 bits per heavy atom. The van der Waals surface area contributed by atoms with Crippen LogP contribution < -0.4 is 14.2 Å². The Hall–Kier alpha value is -4.44. The number of methoxy groups -OCH3 is 1. The van der Waals surface area contributed by atoms with Crippen molar-refractivity contribution in [3.8, 4) is 23.0 Å². The lowest BCUT2D eigenvalue weighted by Gasteiger charge is -2.15. The van der Waals surface area contributed by atoms with E-state index in [1.165, 1.54) is 5.57 Å². The van der Waals surface area contributed by atoms with Crippen LogP contribution in [-0.2, 0) is 19.6 Å². The number of ether oxygens (including phenoxy) is 3. The fourth-order valence-electron chi connectivity index (χ4n) is 4.02. The van der Waals surface area contributed by atoms with Crippen molar-refractivity contribution in [2.45, 2.75) is 33.5 Å². The van der Waals surface area contributed by atoms with Gasteiger partial charge in [-0.05, 0) is 60.7 Å². The third-order valence-electron chi connectivity index (χ3n) is 6.06. The third-order valence-corrected chi connectivity index (χ3v) is 6.06. The summed E-state index contributed by atoms with van der Waals surface area (Å²) in [5.74, 6) is 2.19. The van der Waals surface area contributed by atoms with E-state index in [1.807, 2.05) is 91.0 Å². The predicted octanol–water partition coefficient (Wildman–Crippen LogP) is 8.24. The van der Waals surface area contributed by atoms with Crippen LogP contribution in [0.2, 0.25) is 0 Å².